The van der Waals surface area contributed by atoms with E-state index in [0.717, 1.165) is 24.2 Å². The molecule has 1 heterocycles. The Morgan fingerprint density at radius 1 is 1.33 bits per heavy atom. The summed E-state index contributed by atoms with van der Waals surface area (Å²) in [5.74, 6) is 0. The average molecular weight is 314 g/mol. The summed E-state index contributed by atoms with van der Waals surface area (Å²) in [6, 6.07) is 4.15. The smallest absolute Gasteiger partial charge is 0.279 e. The van der Waals surface area contributed by atoms with E-state index >= 15 is 0 Å². The molecule has 0 aromatic carbocycles. The van der Waals surface area contributed by atoms with Crippen LogP contribution >= 0.6 is 0 Å². The predicted molar refractivity (Wildman–Crippen MR) is 85.1 cm³/mol. The van der Waals surface area contributed by atoms with E-state index in [1.165, 1.54) is 4.31 Å². The molecule has 0 unspecified atom stereocenters. The van der Waals surface area contributed by atoms with Gasteiger partial charge >= 0.3 is 0 Å². The van der Waals surface area contributed by atoms with Crippen molar-refractivity contribution in [1.29, 1.82) is 0 Å². The zero-order chi connectivity index (χ0) is 15.9. The molecular weight excluding hydrogens is 288 g/mol. The Kier molecular flexibility index (Phi) is 7.24. The number of aromatic nitrogens is 1. The molecule has 0 spiro atoms. The van der Waals surface area contributed by atoms with Crippen molar-refractivity contribution in [3.8, 4) is 0 Å². The summed E-state index contributed by atoms with van der Waals surface area (Å²) in [5.41, 5.74) is 1.76. The monoisotopic (exact) mass is 314 g/mol. The lowest BCUT2D eigenvalue weighted by molar-refractivity contribution is 0.439. The first-order valence-corrected chi connectivity index (χ1v) is 8.61. The van der Waals surface area contributed by atoms with Crippen LogP contribution in [-0.2, 0) is 16.8 Å². The van der Waals surface area contributed by atoms with E-state index in [1.54, 1.807) is 13.2 Å². The molecule has 7 heteroatoms. The lowest BCUT2D eigenvalue weighted by atomic mass is 10.2. The molecule has 0 aliphatic heterocycles. The Labute approximate surface area is 128 Å². The van der Waals surface area contributed by atoms with E-state index in [1.807, 2.05) is 19.1 Å². The molecule has 0 atom stereocenters. The molecule has 0 fully saturated rings. The van der Waals surface area contributed by atoms with Gasteiger partial charge in [0.2, 0.25) is 0 Å². The third-order valence-corrected chi connectivity index (χ3v) is 4.56. The zero-order valence-electron chi connectivity index (χ0n) is 13.3. The maximum Gasteiger partial charge on any atom is 0.279 e. The van der Waals surface area contributed by atoms with Crippen molar-refractivity contribution in [3.05, 3.63) is 29.6 Å². The van der Waals surface area contributed by atoms with Crippen molar-refractivity contribution in [2.45, 2.75) is 39.8 Å². The van der Waals surface area contributed by atoms with Crippen LogP contribution in [0.25, 0.3) is 0 Å². The molecule has 0 bridgehead atoms. The van der Waals surface area contributed by atoms with Crippen LogP contribution < -0.4 is 10.0 Å². The van der Waals surface area contributed by atoms with Gasteiger partial charge in [-0.15, -0.1) is 0 Å². The van der Waals surface area contributed by atoms with Gasteiger partial charge in [0.05, 0.1) is 0 Å². The maximum absolute atomic E-state index is 12.1. The lowest BCUT2D eigenvalue weighted by Crippen LogP contribution is -2.39. The highest BCUT2D eigenvalue weighted by Crippen LogP contribution is 2.02. The summed E-state index contributed by atoms with van der Waals surface area (Å²) in [6.07, 6.45) is 2.46. The standard InChI is InChI=1S/C14H26N4O2S/c1-12(2)15-8-5-9-18(4)21(19,20)17-11-14-7-6-13(3)16-10-14/h6-7,10,12,15,17H,5,8-9,11H2,1-4H3. The summed E-state index contributed by atoms with van der Waals surface area (Å²) < 4.78 is 28.1. The van der Waals surface area contributed by atoms with Gasteiger partial charge in [0, 0.05) is 38.1 Å². The molecule has 0 radical (unpaired) electrons. The number of pyridine rings is 1. The average Bonchev–Trinajstić information content (AvgIpc) is 2.42. The van der Waals surface area contributed by atoms with E-state index < -0.39 is 10.2 Å². The quantitative estimate of drug-likeness (QED) is 0.668. The van der Waals surface area contributed by atoms with Gasteiger partial charge in [-0.3, -0.25) is 4.98 Å². The number of aryl methyl sites for hydroxylation is 1. The van der Waals surface area contributed by atoms with Crippen LogP contribution in [0.1, 0.15) is 31.5 Å². The van der Waals surface area contributed by atoms with E-state index in [4.69, 9.17) is 0 Å². The van der Waals surface area contributed by atoms with Crippen LogP contribution in [-0.4, -0.2) is 43.9 Å². The van der Waals surface area contributed by atoms with Crippen LogP contribution in [0.3, 0.4) is 0 Å². The van der Waals surface area contributed by atoms with Gasteiger partial charge in [0.25, 0.3) is 10.2 Å². The molecule has 1 rings (SSSR count). The van der Waals surface area contributed by atoms with Gasteiger partial charge in [0.1, 0.15) is 0 Å². The van der Waals surface area contributed by atoms with Gasteiger partial charge in [-0.25, -0.2) is 0 Å². The highest BCUT2D eigenvalue weighted by molar-refractivity contribution is 7.87. The van der Waals surface area contributed by atoms with E-state index in [2.05, 4.69) is 28.9 Å². The Morgan fingerprint density at radius 2 is 2.05 bits per heavy atom. The van der Waals surface area contributed by atoms with E-state index in [-0.39, 0.29) is 6.54 Å². The number of hydrogen-bond donors (Lipinski definition) is 2. The number of nitrogens with zero attached hydrogens (tertiary/aromatic N) is 2. The van der Waals surface area contributed by atoms with Crippen molar-refractivity contribution in [1.82, 2.24) is 19.3 Å². The minimum absolute atomic E-state index is 0.254. The van der Waals surface area contributed by atoms with Crippen LogP contribution in [0.2, 0.25) is 0 Å². The van der Waals surface area contributed by atoms with Crippen LogP contribution in [0.4, 0.5) is 0 Å². The lowest BCUT2D eigenvalue weighted by Gasteiger charge is -2.18. The zero-order valence-corrected chi connectivity index (χ0v) is 14.1. The first kappa shape index (κ1) is 18.0. The number of hydrogen-bond acceptors (Lipinski definition) is 4. The first-order valence-electron chi connectivity index (χ1n) is 7.17. The van der Waals surface area contributed by atoms with Gasteiger partial charge in [-0.05, 0) is 31.5 Å². The second-order valence-corrected chi connectivity index (χ2v) is 7.28. The van der Waals surface area contributed by atoms with Crippen molar-refractivity contribution < 1.29 is 8.42 Å². The molecule has 6 nitrogen and oxygen atoms in total. The van der Waals surface area contributed by atoms with Gasteiger partial charge in [0.15, 0.2) is 0 Å². The molecule has 0 aliphatic carbocycles. The second-order valence-electron chi connectivity index (χ2n) is 5.42. The minimum atomic E-state index is -3.44. The van der Waals surface area contributed by atoms with Crippen LogP contribution in [0.5, 0.6) is 0 Å². The van der Waals surface area contributed by atoms with Crippen molar-refractivity contribution in [2.24, 2.45) is 0 Å². The molecule has 0 saturated heterocycles. The molecule has 120 valence electrons. The summed E-state index contributed by atoms with van der Waals surface area (Å²) in [7, 11) is -1.85. The SMILES string of the molecule is Cc1ccc(CNS(=O)(=O)N(C)CCCNC(C)C)cn1. The number of rotatable bonds is 9. The third-order valence-electron chi connectivity index (χ3n) is 3.04. The van der Waals surface area contributed by atoms with Crippen molar-refractivity contribution >= 4 is 10.2 Å². The topological polar surface area (TPSA) is 74.3 Å². The highest BCUT2D eigenvalue weighted by atomic mass is 32.2. The van der Waals surface area contributed by atoms with Gasteiger partial charge < -0.3 is 5.32 Å². The van der Waals surface area contributed by atoms with Crippen molar-refractivity contribution in [2.75, 3.05) is 20.1 Å². The first-order chi connectivity index (χ1) is 9.81. The predicted octanol–water partition coefficient (Wildman–Crippen LogP) is 1.04. The summed E-state index contributed by atoms with van der Waals surface area (Å²) in [6.45, 7) is 7.58. The van der Waals surface area contributed by atoms with Gasteiger partial charge in [-0.2, -0.15) is 17.4 Å². The fourth-order valence-electron chi connectivity index (χ4n) is 1.70. The summed E-state index contributed by atoms with van der Waals surface area (Å²) >= 11 is 0. The van der Waals surface area contributed by atoms with Crippen LogP contribution in [0.15, 0.2) is 18.3 Å². The second kappa shape index (κ2) is 8.43. The van der Waals surface area contributed by atoms with Gasteiger partial charge in [-0.1, -0.05) is 19.9 Å². The minimum Gasteiger partial charge on any atom is -0.314 e. The van der Waals surface area contributed by atoms with E-state index in [0.29, 0.717) is 12.6 Å². The Hall–Kier alpha value is -1.02. The van der Waals surface area contributed by atoms with Crippen molar-refractivity contribution in [3.63, 3.8) is 0 Å². The Bertz CT molecular complexity index is 514. The molecule has 0 saturated carbocycles. The normalized spacial score (nSPS) is 12.3. The molecule has 0 aliphatic rings. The summed E-state index contributed by atoms with van der Waals surface area (Å²) in [4.78, 5) is 4.15. The number of nitrogens with one attached hydrogen (secondary N) is 2. The maximum atomic E-state index is 12.1. The Morgan fingerprint density at radius 3 is 2.62 bits per heavy atom. The fourth-order valence-corrected chi connectivity index (χ4v) is 2.64. The summed E-state index contributed by atoms with van der Waals surface area (Å²) in [5, 5.41) is 3.27. The molecule has 1 aromatic heterocycles. The van der Waals surface area contributed by atoms with E-state index in [9.17, 15) is 8.42 Å². The third kappa shape index (κ3) is 6.99. The largest absolute Gasteiger partial charge is 0.314 e. The van der Waals surface area contributed by atoms with Crippen LogP contribution in [0, 0.1) is 6.92 Å². The molecule has 21 heavy (non-hydrogen) atoms. The Balaban J connectivity index is 2.39. The molecular formula is C14H26N4O2S. The molecule has 1 aromatic rings. The highest BCUT2D eigenvalue weighted by Gasteiger charge is 2.16. The fraction of sp³-hybridized carbons (Fsp3) is 0.643. The molecule has 2 N–H and O–H groups in total. The molecule has 0 amide bonds.